The van der Waals surface area contributed by atoms with E-state index in [0.717, 1.165) is 24.0 Å². The number of amides is 2. The third kappa shape index (κ3) is 7.98. The molecule has 3 rings (SSSR count). The second-order valence-electron chi connectivity index (χ2n) is 8.71. The van der Waals surface area contributed by atoms with E-state index in [4.69, 9.17) is 0 Å². The minimum atomic E-state index is -0.342. The van der Waals surface area contributed by atoms with E-state index in [1.807, 2.05) is 24.3 Å². The summed E-state index contributed by atoms with van der Waals surface area (Å²) >= 11 is 0. The maximum absolute atomic E-state index is 11.9. The van der Waals surface area contributed by atoms with Crippen LogP contribution in [0.25, 0.3) is 0 Å². The van der Waals surface area contributed by atoms with Crippen molar-refractivity contribution in [3.05, 3.63) is 24.3 Å². The van der Waals surface area contributed by atoms with Crippen LogP contribution in [0.1, 0.15) is 77.0 Å². The van der Waals surface area contributed by atoms with Crippen LogP contribution in [-0.4, -0.2) is 37.0 Å². The second kappa shape index (κ2) is 12.6. The van der Waals surface area contributed by atoms with Crippen LogP contribution in [0, 0.1) is 0 Å². The van der Waals surface area contributed by atoms with Gasteiger partial charge in [0.15, 0.2) is 0 Å². The molecule has 1 saturated heterocycles. The minimum Gasteiger partial charge on any atom is -0.385 e. The molecule has 4 N–H and O–H groups in total. The average molecular weight is 415 g/mol. The number of nitrogens with one attached hydrogen (secondary N) is 4. The molecule has 30 heavy (non-hydrogen) atoms. The average Bonchev–Trinajstić information content (AvgIpc) is 2.75. The van der Waals surface area contributed by atoms with Gasteiger partial charge in [0.05, 0.1) is 0 Å². The smallest absolute Gasteiger partial charge is 0.249 e. The summed E-state index contributed by atoms with van der Waals surface area (Å²) in [6.07, 6.45) is 14.2. The van der Waals surface area contributed by atoms with E-state index >= 15 is 0 Å². The summed E-state index contributed by atoms with van der Waals surface area (Å²) in [5, 5.41) is 12.8. The number of unbranched alkanes of at least 4 members (excludes halogenated alkanes) is 4. The predicted octanol–water partition coefficient (Wildman–Crippen LogP) is 4.19. The van der Waals surface area contributed by atoms with Gasteiger partial charge >= 0.3 is 0 Å². The summed E-state index contributed by atoms with van der Waals surface area (Å²) in [7, 11) is 0. The molecule has 166 valence electrons. The zero-order chi connectivity index (χ0) is 21.0. The molecule has 1 aromatic rings. The van der Waals surface area contributed by atoms with Crippen LogP contribution in [0.2, 0.25) is 0 Å². The molecule has 1 aromatic carbocycles. The van der Waals surface area contributed by atoms with Gasteiger partial charge in [0.25, 0.3) is 0 Å². The molecule has 0 radical (unpaired) electrons. The summed E-state index contributed by atoms with van der Waals surface area (Å²) in [5.74, 6) is -0.424. The highest BCUT2D eigenvalue weighted by atomic mass is 16.2. The maximum Gasteiger partial charge on any atom is 0.249 e. The summed E-state index contributed by atoms with van der Waals surface area (Å²) in [6, 6.07) is 8.45. The first kappa shape index (κ1) is 22.6. The normalized spacial score (nSPS) is 20.1. The predicted molar refractivity (Wildman–Crippen MR) is 123 cm³/mol. The molecular formula is C24H38N4O2. The molecule has 1 atom stereocenters. The highest BCUT2D eigenvalue weighted by Gasteiger charge is 2.26. The van der Waals surface area contributed by atoms with Crippen LogP contribution >= 0.6 is 0 Å². The van der Waals surface area contributed by atoms with Gasteiger partial charge in [-0.3, -0.25) is 14.9 Å². The standard InChI is InChI=1S/C24H38N4O2/c29-23-15-14-22(24(30)28-23)27-21-13-9-12-20(18-21)26-17-8-3-1-2-7-16-25-19-10-5-4-6-11-19/h9,12-13,18-19,22,25-27H,1-8,10-11,14-17H2,(H,28,29,30). The number of carbonyl (C=O) groups excluding carboxylic acids is 2. The molecule has 0 bridgehead atoms. The molecule has 1 aliphatic carbocycles. The summed E-state index contributed by atoms with van der Waals surface area (Å²) in [5.41, 5.74) is 1.96. The van der Waals surface area contributed by atoms with Crippen molar-refractivity contribution in [2.45, 2.75) is 89.1 Å². The fourth-order valence-corrected chi connectivity index (χ4v) is 4.38. The third-order valence-corrected chi connectivity index (χ3v) is 6.16. The van der Waals surface area contributed by atoms with E-state index in [2.05, 4.69) is 21.3 Å². The molecular weight excluding hydrogens is 376 g/mol. The van der Waals surface area contributed by atoms with Gasteiger partial charge in [-0.25, -0.2) is 0 Å². The van der Waals surface area contributed by atoms with Crippen LogP contribution in [0.5, 0.6) is 0 Å². The van der Waals surface area contributed by atoms with Gasteiger partial charge in [-0.15, -0.1) is 0 Å². The molecule has 1 heterocycles. The van der Waals surface area contributed by atoms with E-state index in [0.29, 0.717) is 12.8 Å². The zero-order valence-electron chi connectivity index (χ0n) is 18.2. The largest absolute Gasteiger partial charge is 0.385 e. The zero-order valence-corrected chi connectivity index (χ0v) is 18.2. The maximum atomic E-state index is 11.9. The molecule has 1 saturated carbocycles. The number of piperidine rings is 1. The van der Waals surface area contributed by atoms with Crippen molar-refractivity contribution in [2.24, 2.45) is 0 Å². The Balaban J connectivity index is 1.23. The molecule has 0 aromatic heterocycles. The first-order chi connectivity index (χ1) is 14.7. The highest BCUT2D eigenvalue weighted by molar-refractivity contribution is 6.01. The lowest BCUT2D eigenvalue weighted by molar-refractivity contribution is -0.133. The number of rotatable bonds is 12. The summed E-state index contributed by atoms with van der Waals surface area (Å²) in [6.45, 7) is 2.14. The van der Waals surface area contributed by atoms with Crippen LogP contribution in [-0.2, 0) is 9.59 Å². The Labute approximate surface area is 181 Å². The van der Waals surface area contributed by atoms with E-state index in [9.17, 15) is 9.59 Å². The molecule has 1 aliphatic heterocycles. The number of hydrogen-bond donors (Lipinski definition) is 4. The molecule has 6 heteroatoms. The lowest BCUT2D eigenvalue weighted by Gasteiger charge is -2.23. The Morgan fingerprint density at radius 2 is 1.60 bits per heavy atom. The van der Waals surface area contributed by atoms with Gasteiger partial charge < -0.3 is 16.0 Å². The quantitative estimate of drug-likeness (QED) is 0.305. The van der Waals surface area contributed by atoms with Crippen molar-refractivity contribution in [1.29, 1.82) is 0 Å². The fourth-order valence-electron chi connectivity index (χ4n) is 4.38. The summed E-state index contributed by atoms with van der Waals surface area (Å²) in [4.78, 5) is 23.2. The number of benzene rings is 1. The molecule has 2 aliphatic rings. The number of carbonyl (C=O) groups is 2. The van der Waals surface area contributed by atoms with Gasteiger partial charge in [0, 0.05) is 30.4 Å². The van der Waals surface area contributed by atoms with Crippen molar-refractivity contribution in [1.82, 2.24) is 10.6 Å². The first-order valence-corrected chi connectivity index (χ1v) is 11.9. The molecule has 0 spiro atoms. The van der Waals surface area contributed by atoms with E-state index in [1.54, 1.807) is 0 Å². The monoisotopic (exact) mass is 414 g/mol. The Morgan fingerprint density at radius 3 is 2.40 bits per heavy atom. The Hall–Kier alpha value is -2.08. The fraction of sp³-hybridized carbons (Fsp3) is 0.667. The van der Waals surface area contributed by atoms with Crippen LogP contribution in [0.15, 0.2) is 24.3 Å². The van der Waals surface area contributed by atoms with Crippen molar-refractivity contribution < 1.29 is 9.59 Å². The number of hydrogen-bond acceptors (Lipinski definition) is 5. The van der Waals surface area contributed by atoms with E-state index < -0.39 is 0 Å². The van der Waals surface area contributed by atoms with Crippen molar-refractivity contribution >= 4 is 23.2 Å². The van der Waals surface area contributed by atoms with Gasteiger partial charge in [0.2, 0.25) is 11.8 Å². The summed E-state index contributed by atoms with van der Waals surface area (Å²) < 4.78 is 0. The molecule has 2 amide bonds. The molecule has 2 fully saturated rings. The van der Waals surface area contributed by atoms with Gasteiger partial charge in [-0.2, -0.15) is 0 Å². The molecule has 1 unspecified atom stereocenters. The third-order valence-electron chi connectivity index (χ3n) is 6.16. The first-order valence-electron chi connectivity index (χ1n) is 11.9. The van der Waals surface area contributed by atoms with Crippen LogP contribution in [0.3, 0.4) is 0 Å². The topological polar surface area (TPSA) is 82.3 Å². The van der Waals surface area contributed by atoms with Gasteiger partial charge in [-0.1, -0.05) is 44.6 Å². The Kier molecular flexibility index (Phi) is 9.48. The van der Waals surface area contributed by atoms with Gasteiger partial charge in [0.1, 0.15) is 6.04 Å². The molecule has 6 nitrogen and oxygen atoms in total. The van der Waals surface area contributed by atoms with Crippen LogP contribution < -0.4 is 21.3 Å². The Morgan fingerprint density at radius 1 is 0.867 bits per heavy atom. The van der Waals surface area contributed by atoms with Gasteiger partial charge in [-0.05, 0) is 56.8 Å². The minimum absolute atomic E-state index is 0.186. The van der Waals surface area contributed by atoms with E-state index in [-0.39, 0.29) is 17.9 Å². The lowest BCUT2D eigenvalue weighted by Crippen LogP contribution is -2.47. The van der Waals surface area contributed by atoms with Crippen molar-refractivity contribution in [3.8, 4) is 0 Å². The van der Waals surface area contributed by atoms with Crippen molar-refractivity contribution in [3.63, 3.8) is 0 Å². The van der Waals surface area contributed by atoms with E-state index in [1.165, 1.54) is 70.8 Å². The van der Waals surface area contributed by atoms with Crippen molar-refractivity contribution in [2.75, 3.05) is 23.7 Å². The highest BCUT2D eigenvalue weighted by Crippen LogP contribution is 2.19. The Bertz CT molecular complexity index is 673. The van der Waals surface area contributed by atoms with Crippen LogP contribution in [0.4, 0.5) is 11.4 Å². The SMILES string of the molecule is O=C1CCC(Nc2cccc(NCCCCCCCNC3CCCCC3)c2)C(=O)N1. The second-order valence-corrected chi connectivity index (χ2v) is 8.71. The number of anilines is 2. The lowest BCUT2D eigenvalue weighted by atomic mass is 9.95. The number of imide groups is 1.